The lowest BCUT2D eigenvalue weighted by Gasteiger charge is -2.35. The van der Waals surface area contributed by atoms with Gasteiger partial charge in [-0.3, -0.25) is 14.5 Å². The summed E-state index contributed by atoms with van der Waals surface area (Å²) in [5, 5.41) is 11.5. The van der Waals surface area contributed by atoms with E-state index in [1.54, 1.807) is 0 Å². The number of carboxylic acid groups (broad SMARTS) is 1. The Hall–Kier alpha value is -1.10. The average molecular weight is 254 g/mol. The van der Waals surface area contributed by atoms with Gasteiger partial charge in [0.1, 0.15) is 0 Å². The number of carbonyl (C=O) groups is 2. The van der Waals surface area contributed by atoms with Gasteiger partial charge in [-0.25, -0.2) is 0 Å². The van der Waals surface area contributed by atoms with E-state index in [0.29, 0.717) is 6.04 Å². The summed E-state index contributed by atoms with van der Waals surface area (Å²) in [4.78, 5) is 24.4. The molecule has 2 fully saturated rings. The molecule has 0 aromatic heterocycles. The zero-order chi connectivity index (χ0) is 13.0. The largest absolute Gasteiger partial charge is 0.481 e. The van der Waals surface area contributed by atoms with Gasteiger partial charge in [0, 0.05) is 19.0 Å². The minimum Gasteiger partial charge on any atom is -0.481 e. The minimum absolute atomic E-state index is 0.192. The van der Waals surface area contributed by atoms with E-state index in [-0.39, 0.29) is 18.2 Å². The molecule has 2 rings (SSSR count). The topological polar surface area (TPSA) is 69.6 Å². The van der Waals surface area contributed by atoms with E-state index in [2.05, 4.69) is 10.2 Å². The zero-order valence-electron chi connectivity index (χ0n) is 10.7. The third kappa shape index (κ3) is 3.22. The van der Waals surface area contributed by atoms with Crippen LogP contribution in [0.2, 0.25) is 0 Å². The first-order chi connectivity index (χ1) is 8.68. The third-order valence-corrected chi connectivity index (χ3v) is 4.05. The molecule has 5 nitrogen and oxygen atoms in total. The average Bonchev–Trinajstić information content (AvgIpc) is 2.71. The van der Waals surface area contributed by atoms with Crippen LogP contribution in [0.1, 0.15) is 38.5 Å². The Morgan fingerprint density at radius 1 is 1.39 bits per heavy atom. The summed E-state index contributed by atoms with van der Waals surface area (Å²) >= 11 is 0. The molecule has 0 aromatic carbocycles. The number of hydrogen-bond donors (Lipinski definition) is 2. The number of aliphatic carboxylic acids is 1. The Bertz CT molecular complexity index is 319. The molecule has 2 aliphatic rings. The molecule has 0 spiro atoms. The van der Waals surface area contributed by atoms with Gasteiger partial charge in [-0.2, -0.15) is 0 Å². The third-order valence-electron chi connectivity index (χ3n) is 4.05. The quantitative estimate of drug-likeness (QED) is 0.689. The number of nitrogens with one attached hydrogen (secondary N) is 1. The van der Waals surface area contributed by atoms with Gasteiger partial charge in [0.05, 0.1) is 5.92 Å². The number of hydrogen-bond acceptors (Lipinski definition) is 3. The Balaban J connectivity index is 1.69. The Morgan fingerprint density at radius 2 is 2.22 bits per heavy atom. The van der Waals surface area contributed by atoms with Crippen molar-refractivity contribution in [2.24, 2.45) is 5.92 Å². The molecular formula is C13H22N2O3. The molecule has 2 atom stereocenters. The second-order valence-corrected chi connectivity index (χ2v) is 5.30. The fourth-order valence-corrected chi connectivity index (χ4v) is 3.09. The molecule has 2 saturated heterocycles. The molecule has 0 aromatic rings. The summed E-state index contributed by atoms with van der Waals surface area (Å²) in [6.07, 6.45) is 5.14. The first-order valence-electron chi connectivity index (χ1n) is 6.92. The Labute approximate surface area is 108 Å². The fourth-order valence-electron chi connectivity index (χ4n) is 3.09. The van der Waals surface area contributed by atoms with E-state index in [1.807, 2.05) is 0 Å². The number of piperidine rings is 1. The predicted molar refractivity (Wildman–Crippen MR) is 67.2 cm³/mol. The van der Waals surface area contributed by atoms with Gasteiger partial charge in [0.15, 0.2) is 0 Å². The summed E-state index contributed by atoms with van der Waals surface area (Å²) in [7, 11) is 0. The van der Waals surface area contributed by atoms with Crippen LogP contribution in [0.4, 0.5) is 0 Å². The van der Waals surface area contributed by atoms with E-state index in [1.165, 1.54) is 0 Å². The van der Waals surface area contributed by atoms with Crippen molar-refractivity contribution in [3.05, 3.63) is 0 Å². The van der Waals surface area contributed by atoms with E-state index in [9.17, 15) is 9.59 Å². The van der Waals surface area contributed by atoms with E-state index >= 15 is 0 Å². The molecule has 2 heterocycles. The van der Waals surface area contributed by atoms with Gasteiger partial charge in [-0.05, 0) is 38.8 Å². The van der Waals surface area contributed by atoms with Crippen LogP contribution in [0.25, 0.3) is 0 Å². The number of carboxylic acids is 1. The molecule has 2 aliphatic heterocycles. The second kappa shape index (κ2) is 6.18. The lowest BCUT2D eigenvalue weighted by molar-refractivity contribution is -0.137. The van der Waals surface area contributed by atoms with Gasteiger partial charge in [-0.1, -0.05) is 6.42 Å². The van der Waals surface area contributed by atoms with Crippen LogP contribution in [-0.4, -0.2) is 47.6 Å². The maximum atomic E-state index is 11.6. The van der Waals surface area contributed by atoms with Crippen molar-refractivity contribution in [1.29, 1.82) is 0 Å². The van der Waals surface area contributed by atoms with Crippen molar-refractivity contribution in [3.8, 4) is 0 Å². The van der Waals surface area contributed by atoms with Crippen LogP contribution < -0.4 is 5.32 Å². The van der Waals surface area contributed by atoms with Crippen molar-refractivity contribution in [3.63, 3.8) is 0 Å². The monoisotopic (exact) mass is 254 g/mol. The smallest absolute Gasteiger partial charge is 0.303 e. The molecule has 102 valence electrons. The van der Waals surface area contributed by atoms with Gasteiger partial charge in [0.2, 0.25) is 5.91 Å². The normalized spacial score (nSPS) is 27.9. The molecule has 0 saturated carbocycles. The fraction of sp³-hybridized carbons (Fsp3) is 0.846. The lowest BCUT2D eigenvalue weighted by atomic mass is 9.91. The number of rotatable bonds is 6. The summed E-state index contributed by atoms with van der Waals surface area (Å²) in [5.41, 5.74) is 0. The van der Waals surface area contributed by atoms with Gasteiger partial charge in [-0.15, -0.1) is 0 Å². The molecule has 2 N–H and O–H groups in total. The van der Waals surface area contributed by atoms with E-state index in [4.69, 9.17) is 5.11 Å². The van der Waals surface area contributed by atoms with E-state index in [0.717, 1.165) is 51.7 Å². The number of carbonyl (C=O) groups excluding carboxylic acids is 1. The molecule has 1 amide bonds. The van der Waals surface area contributed by atoms with Crippen LogP contribution in [-0.2, 0) is 9.59 Å². The van der Waals surface area contributed by atoms with Gasteiger partial charge < -0.3 is 10.4 Å². The molecule has 0 bridgehead atoms. The summed E-state index contributed by atoms with van der Waals surface area (Å²) < 4.78 is 0. The van der Waals surface area contributed by atoms with Crippen molar-refractivity contribution >= 4 is 11.9 Å². The highest BCUT2D eigenvalue weighted by atomic mass is 16.4. The number of likely N-dealkylation sites (tertiary alicyclic amines) is 1. The van der Waals surface area contributed by atoms with Crippen molar-refractivity contribution in [1.82, 2.24) is 10.2 Å². The highest BCUT2D eigenvalue weighted by Crippen LogP contribution is 2.27. The number of nitrogens with zero attached hydrogens (tertiary/aromatic N) is 1. The predicted octanol–water partition coefficient (Wildman–Crippen LogP) is 0.842. The molecule has 18 heavy (non-hydrogen) atoms. The van der Waals surface area contributed by atoms with E-state index < -0.39 is 5.97 Å². The van der Waals surface area contributed by atoms with Crippen LogP contribution in [0.3, 0.4) is 0 Å². The summed E-state index contributed by atoms with van der Waals surface area (Å²) in [6.45, 7) is 2.86. The molecule has 5 heteroatoms. The number of unbranched alkanes of at least 4 members (excludes halogenated alkanes) is 2. The molecule has 2 unspecified atom stereocenters. The van der Waals surface area contributed by atoms with Crippen LogP contribution in [0, 0.1) is 5.92 Å². The molecular weight excluding hydrogens is 232 g/mol. The lowest BCUT2D eigenvalue weighted by Crippen LogP contribution is -2.45. The number of fused-ring (bicyclic) bond motifs is 1. The maximum Gasteiger partial charge on any atom is 0.303 e. The first kappa shape index (κ1) is 13.3. The van der Waals surface area contributed by atoms with Crippen molar-refractivity contribution < 1.29 is 14.7 Å². The molecule has 0 aliphatic carbocycles. The Morgan fingerprint density at radius 3 is 3.00 bits per heavy atom. The van der Waals surface area contributed by atoms with Gasteiger partial charge in [0.25, 0.3) is 0 Å². The maximum absolute atomic E-state index is 11.6. The highest BCUT2D eigenvalue weighted by molar-refractivity contribution is 5.82. The minimum atomic E-state index is -0.710. The van der Waals surface area contributed by atoms with Gasteiger partial charge >= 0.3 is 5.97 Å². The summed E-state index contributed by atoms with van der Waals surface area (Å²) in [6, 6.07) is 0.380. The van der Waals surface area contributed by atoms with Crippen LogP contribution >= 0.6 is 0 Å². The highest BCUT2D eigenvalue weighted by Gasteiger charge is 2.40. The van der Waals surface area contributed by atoms with Crippen LogP contribution in [0.5, 0.6) is 0 Å². The van der Waals surface area contributed by atoms with Crippen molar-refractivity contribution in [2.45, 2.75) is 44.6 Å². The zero-order valence-corrected chi connectivity index (χ0v) is 10.7. The number of amides is 1. The summed E-state index contributed by atoms with van der Waals surface area (Å²) in [5.74, 6) is -0.299. The second-order valence-electron chi connectivity index (χ2n) is 5.30. The Kier molecular flexibility index (Phi) is 4.58. The SMILES string of the molecule is O=C(O)CCCCCN1CCCC2C(=O)NCC21. The van der Waals surface area contributed by atoms with Crippen molar-refractivity contribution in [2.75, 3.05) is 19.6 Å². The van der Waals surface area contributed by atoms with Crippen LogP contribution in [0.15, 0.2) is 0 Å². The standard InChI is InChI=1S/C13H22N2O3/c16-12(17)6-2-1-3-7-15-8-4-5-10-11(15)9-14-13(10)18/h10-11H,1-9H2,(H,14,18)(H,16,17). The molecule has 0 radical (unpaired) electrons. The first-order valence-corrected chi connectivity index (χ1v) is 6.92.